The van der Waals surface area contributed by atoms with Gasteiger partial charge >= 0.3 is 12.2 Å². The maximum Gasteiger partial charge on any atom is 0.407 e. The van der Waals surface area contributed by atoms with Crippen LogP contribution in [0.15, 0.2) is 103 Å². The van der Waals surface area contributed by atoms with E-state index in [1.165, 1.54) is 0 Å². The molecule has 0 heterocycles. The minimum absolute atomic E-state index is 0.0398. The Bertz CT molecular complexity index is 1850. The molecule has 2 atom stereocenters. The van der Waals surface area contributed by atoms with Gasteiger partial charge < -0.3 is 30.5 Å². The van der Waals surface area contributed by atoms with Crippen LogP contribution in [0.2, 0.25) is 25.7 Å². The number of hydrogen-bond donors (Lipinski definition) is 4. The molecule has 0 saturated carbocycles. The van der Waals surface area contributed by atoms with Crippen molar-refractivity contribution in [3.63, 3.8) is 0 Å². The Hall–Kier alpha value is -5.26. The van der Waals surface area contributed by atoms with Crippen molar-refractivity contribution in [3.05, 3.63) is 125 Å². The first-order chi connectivity index (χ1) is 26.5. The van der Waals surface area contributed by atoms with E-state index in [9.17, 15) is 24.3 Å². The summed E-state index contributed by atoms with van der Waals surface area (Å²) in [6.45, 7) is 7.29. The fourth-order valence-corrected chi connectivity index (χ4v) is 7.45. The summed E-state index contributed by atoms with van der Waals surface area (Å²) >= 11 is 0. The zero-order valence-electron chi connectivity index (χ0n) is 32.0. The predicted octanol–water partition coefficient (Wildman–Crippen LogP) is 8.08. The van der Waals surface area contributed by atoms with E-state index in [0.29, 0.717) is 37.1 Å². The standard InChI is InChI=1S/C44H53N3O7Si/c1-55(2,3)26-25-53-44(52)47-40(27-31-13-5-4-6-14-31)41(49)28-33(42(50)46-34-22-20-32(29-48)21-23-34)15-11-12-24-45-43(51)54-30-39-37-18-9-7-16-35(37)36-17-8-10-19-38(36)39/h4-10,13-14,16-23,33,39-40,48H,11-12,15,24-30H2,1-3H3,(H,45,51)(H,46,50)(H,47,52)/t33-,40+/m1/s1. The second kappa shape index (κ2) is 19.9. The van der Waals surface area contributed by atoms with Crippen LogP contribution in [0.25, 0.3) is 11.1 Å². The highest BCUT2D eigenvalue weighted by Gasteiger charge is 2.30. The molecule has 0 radical (unpaired) electrons. The summed E-state index contributed by atoms with van der Waals surface area (Å²) < 4.78 is 11.1. The summed E-state index contributed by atoms with van der Waals surface area (Å²) in [5, 5.41) is 18.0. The molecule has 4 aromatic carbocycles. The molecule has 5 rings (SSSR count). The third kappa shape index (κ3) is 12.4. The molecule has 0 unspecified atom stereocenters. The van der Waals surface area contributed by atoms with Gasteiger partial charge in [-0.1, -0.05) is 117 Å². The van der Waals surface area contributed by atoms with Crippen LogP contribution in [0.1, 0.15) is 53.9 Å². The fourth-order valence-electron chi connectivity index (χ4n) is 6.73. The van der Waals surface area contributed by atoms with Gasteiger partial charge in [0.25, 0.3) is 0 Å². The number of anilines is 1. The van der Waals surface area contributed by atoms with E-state index in [1.807, 2.05) is 54.6 Å². The quantitative estimate of drug-likeness (QED) is 0.0559. The van der Waals surface area contributed by atoms with Gasteiger partial charge in [0.2, 0.25) is 5.91 Å². The highest BCUT2D eigenvalue weighted by Crippen LogP contribution is 2.44. The molecular formula is C44H53N3O7Si. The first-order valence-corrected chi connectivity index (χ1v) is 22.8. The number of rotatable bonds is 19. The Kier molecular flexibility index (Phi) is 14.8. The van der Waals surface area contributed by atoms with Crippen LogP contribution in [0, 0.1) is 5.92 Å². The zero-order chi connectivity index (χ0) is 39.2. The summed E-state index contributed by atoms with van der Waals surface area (Å²) in [4.78, 5) is 53.2. The number of ketones is 1. The summed E-state index contributed by atoms with van der Waals surface area (Å²) in [6.07, 6.45) is 0.464. The first-order valence-electron chi connectivity index (χ1n) is 19.1. The third-order valence-corrected chi connectivity index (χ3v) is 11.6. The van der Waals surface area contributed by atoms with Gasteiger partial charge in [-0.25, -0.2) is 9.59 Å². The molecule has 0 aromatic heterocycles. The van der Waals surface area contributed by atoms with E-state index in [2.05, 4.69) is 59.9 Å². The van der Waals surface area contributed by atoms with E-state index < -0.39 is 32.2 Å². The molecule has 4 N–H and O–H groups in total. The summed E-state index contributed by atoms with van der Waals surface area (Å²) in [5.74, 6) is -1.35. The summed E-state index contributed by atoms with van der Waals surface area (Å²) in [6, 6.07) is 32.5. The summed E-state index contributed by atoms with van der Waals surface area (Å²) in [7, 11) is -1.44. The monoisotopic (exact) mass is 763 g/mol. The van der Waals surface area contributed by atoms with Crippen LogP contribution >= 0.6 is 0 Å². The van der Waals surface area contributed by atoms with Gasteiger partial charge in [0.15, 0.2) is 5.78 Å². The highest BCUT2D eigenvalue weighted by molar-refractivity contribution is 6.76. The lowest BCUT2D eigenvalue weighted by molar-refractivity contribution is -0.127. The molecule has 55 heavy (non-hydrogen) atoms. The number of carbonyl (C=O) groups is 4. The molecule has 3 amide bonds. The van der Waals surface area contributed by atoms with E-state index in [1.54, 1.807) is 24.3 Å². The molecule has 290 valence electrons. The molecule has 0 saturated heterocycles. The number of Topliss-reactive ketones (excluding diaryl/α,β-unsaturated/α-hetero) is 1. The van der Waals surface area contributed by atoms with Crippen LogP contribution in [-0.2, 0) is 32.1 Å². The number of aliphatic hydroxyl groups excluding tert-OH is 1. The average Bonchev–Trinajstić information content (AvgIpc) is 3.49. The number of amides is 3. The van der Waals surface area contributed by atoms with E-state index >= 15 is 0 Å². The Morgan fingerprint density at radius 3 is 2.02 bits per heavy atom. The van der Waals surface area contributed by atoms with Crippen LogP contribution in [0.5, 0.6) is 0 Å². The van der Waals surface area contributed by atoms with Gasteiger partial charge in [-0.05, 0) is 70.8 Å². The van der Waals surface area contributed by atoms with Gasteiger partial charge in [0.05, 0.1) is 19.3 Å². The van der Waals surface area contributed by atoms with Crippen molar-refractivity contribution < 1.29 is 33.8 Å². The third-order valence-electron chi connectivity index (χ3n) is 9.86. The van der Waals surface area contributed by atoms with Gasteiger partial charge in [-0.3, -0.25) is 9.59 Å². The van der Waals surface area contributed by atoms with Crippen molar-refractivity contribution in [1.29, 1.82) is 0 Å². The second-order valence-corrected chi connectivity index (χ2v) is 20.9. The van der Waals surface area contributed by atoms with Crippen LogP contribution in [0.4, 0.5) is 15.3 Å². The van der Waals surface area contributed by atoms with Crippen molar-refractivity contribution >= 4 is 37.6 Å². The molecule has 0 bridgehead atoms. The Labute approximate surface area is 325 Å². The number of aliphatic hydroxyl groups is 1. The van der Waals surface area contributed by atoms with Crippen LogP contribution < -0.4 is 16.0 Å². The van der Waals surface area contributed by atoms with E-state index in [0.717, 1.165) is 33.9 Å². The normalized spacial score (nSPS) is 13.2. The topological polar surface area (TPSA) is 143 Å². The molecule has 0 fully saturated rings. The number of unbranched alkanes of at least 4 members (excludes halogenated alkanes) is 1. The Balaban J connectivity index is 1.18. The maximum atomic E-state index is 13.9. The molecule has 1 aliphatic rings. The van der Waals surface area contributed by atoms with Crippen molar-refractivity contribution in [2.45, 2.75) is 76.4 Å². The van der Waals surface area contributed by atoms with Crippen molar-refractivity contribution in [1.82, 2.24) is 10.6 Å². The Morgan fingerprint density at radius 1 is 0.745 bits per heavy atom. The number of carbonyl (C=O) groups excluding carboxylic acids is 4. The van der Waals surface area contributed by atoms with E-state index in [4.69, 9.17) is 9.47 Å². The number of nitrogens with one attached hydrogen (secondary N) is 3. The highest BCUT2D eigenvalue weighted by atomic mass is 28.3. The van der Waals surface area contributed by atoms with Crippen LogP contribution in [0.3, 0.4) is 0 Å². The second-order valence-electron chi connectivity index (χ2n) is 15.3. The molecule has 0 aliphatic heterocycles. The number of ether oxygens (including phenoxy) is 2. The molecular weight excluding hydrogens is 711 g/mol. The lowest BCUT2D eigenvalue weighted by atomic mass is 9.90. The maximum absolute atomic E-state index is 13.9. The molecule has 4 aromatic rings. The van der Waals surface area contributed by atoms with E-state index in [-0.39, 0.29) is 50.3 Å². The molecule has 0 spiro atoms. The first kappa shape index (κ1) is 40.9. The SMILES string of the molecule is C[Si](C)(C)CCOC(=O)N[C@@H](Cc1ccccc1)C(=O)C[C@@H](CCCCNC(=O)OCC1c2ccccc2-c2ccccc21)C(=O)Nc1ccc(CO)cc1. The minimum Gasteiger partial charge on any atom is -0.450 e. The molecule has 10 nitrogen and oxygen atoms in total. The predicted molar refractivity (Wildman–Crippen MR) is 218 cm³/mol. The number of benzene rings is 4. The fraction of sp³-hybridized carbons (Fsp3) is 0.364. The van der Waals surface area contributed by atoms with Crippen molar-refractivity contribution in [2.75, 3.05) is 25.1 Å². The van der Waals surface area contributed by atoms with Gasteiger partial charge in [0, 0.05) is 38.6 Å². The number of hydrogen-bond acceptors (Lipinski definition) is 7. The van der Waals surface area contributed by atoms with Gasteiger partial charge in [-0.2, -0.15) is 0 Å². The summed E-state index contributed by atoms with van der Waals surface area (Å²) in [5.41, 5.74) is 6.71. The number of alkyl carbamates (subject to hydrolysis) is 2. The largest absolute Gasteiger partial charge is 0.450 e. The minimum atomic E-state index is -1.44. The zero-order valence-corrected chi connectivity index (χ0v) is 33.0. The van der Waals surface area contributed by atoms with Crippen molar-refractivity contribution in [3.8, 4) is 11.1 Å². The lowest BCUT2D eigenvalue weighted by Gasteiger charge is -2.22. The van der Waals surface area contributed by atoms with Gasteiger partial charge in [0.1, 0.15) is 6.61 Å². The van der Waals surface area contributed by atoms with Crippen LogP contribution in [-0.4, -0.2) is 62.9 Å². The Morgan fingerprint density at radius 2 is 1.38 bits per heavy atom. The van der Waals surface area contributed by atoms with Gasteiger partial charge in [-0.15, -0.1) is 0 Å². The smallest absolute Gasteiger partial charge is 0.407 e. The molecule has 1 aliphatic carbocycles. The molecule has 11 heteroatoms. The number of fused-ring (bicyclic) bond motifs is 3. The average molecular weight is 764 g/mol. The van der Waals surface area contributed by atoms with Crippen molar-refractivity contribution in [2.24, 2.45) is 5.92 Å². The lowest BCUT2D eigenvalue weighted by Crippen LogP contribution is -2.44.